The summed E-state index contributed by atoms with van der Waals surface area (Å²) in [5, 5.41) is 0. The Hall–Kier alpha value is -2.60. The SMILES string of the molecule is Cc1ccc(-n2c(C)cc(C(=O)O[C@H](C)C(=O)N3CCOCC3)c2C)cc1. The van der Waals surface area contributed by atoms with Crippen LogP contribution in [-0.4, -0.2) is 53.8 Å². The molecule has 1 amide bonds. The quantitative estimate of drug-likeness (QED) is 0.777. The van der Waals surface area contributed by atoms with Gasteiger partial charge in [0.25, 0.3) is 5.91 Å². The highest BCUT2D eigenvalue weighted by molar-refractivity contribution is 5.93. The van der Waals surface area contributed by atoms with E-state index in [0.29, 0.717) is 31.9 Å². The maximum Gasteiger partial charge on any atom is 0.340 e. The summed E-state index contributed by atoms with van der Waals surface area (Å²) in [5.74, 6) is -0.658. The highest BCUT2D eigenvalue weighted by Crippen LogP contribution is 2.22. The molecule has 0 saturated carbocycles. The van der Waals surface area contributed by atoms with Crippen molar-refractivity contribution in [1.82, 2.24) is 9.47 Å². The van der Waals surface area contributed by atoms with Gasteiger partial charge in [0.1, 0.15) is 0 Å². The van der Waals surface area contributed by atoms with Gasteiger partial charge < -0.3 is 18.9 Å². The molecular weight excluding hydrogens is 344 g/mol. The molecule has 0 unspecified atom stereocenters. The molecule has 27 heavy (non-hydrogen) atoms. The van der Waals surface area contributed by atoms with Gasteiger partial charge in [-0.05, 0) is 45.9 Å². The number of esters is 1. The van der Waals surface area contributed by atoms with Crippen molar-refractivity contribution in [3.05, 3.63) is 52.8 Å². The molecule has 2 heterocycles. The van der Waals surface area contributed by atoms with Crippen molar-refractivity contribution in [2.24, 2.45) is 0 Å². The van der Waals surface area contributed by atoms with Crippen LogP contribution in [0.3, 0.4) is 0 Å². The summed E-state index contributed by atoms with van der Waals surface area (Å²) in [6, 6.07) is 9.93. The predicted octanol–water partition coefficient (Wildman–Crippen LogP) is 2.81. The number of aryl methyl sites for hydroxylation is 2. The molecule has 0 aliphatic carbocycles. The van der Waals surface area contributed by atoms with Gasteiger partial charge in [-0.25, -0.2) is 4.79 Å². The van der Waals surface area contributed by atoms with Crippen LogP contribution in [0, 0.1) is 20.8 Å². The normalized spacial score (nSPS) is 15.5. The van der Waals surface area contributed by atoms with Gasteiger partial charge in [-0.1, -0.05) is 17.7 Å². The monoisotopic (exact) mass is 370 g/mol. The second-order valence-corrected chi connectivity index (χ2v) is 6.94. The first kappa shape index (κ1) is 19.2. The Bertz CT molecular complexity index is 833. The van der Waals surface area contributed by atoms with E-state index in [9.17, 15) is 9.59 Å². The minimum Gasteiger partial charge on any atom is -0.449 e. The number of morpholine rings is 1. The van der Waals surface area contributed by atoms with Crippen LogP contribution < -0.4 is 0 Å². The summed E-state index contributed by atoms with van der Waals surface area (Å²) in [6.45, 7) is 9.59. The van der Waals surface area contributed by atoms with Crippen molar-refractivity contribution >= 4 is 11.9 Å². The number of nitrogens with zero attached hydrogens (tertiary/aromatic N) is 2. The lowest BCUT2D eigenvalue weighted by Gasteiger charge is -2.28. The minimum absolute atomic E-state index is 0.181. The van der Waals surface area contributed by atoms with Crippen LogP contribution in [0.4, 0.5) is 0 Å². The zero-order valence-electron chi connectivity index (χ0n) is 16.3. The van der Waals surface area contributed by atoms with Gasteiger partial charge in [0.2, 0.25) is 0 Å². The average Bonchev–Trinajstić information content (AvgIpc) is 2.97. The van der Waals surface area contributed by atoms with E-state index in [2.05, 4.69) is 0 Å². The van der Waals surface area contributed by atoms with E-state index >= 15 is 0 Å². The van der Waals surface area contributed by atoms with Crippen molar-refractivity contribution < 1.29 is 19.1 Å². The smallest absolute Gasteiger partial charge is 0.340 e. The van der Waals surface area contributed by atoms with E-state index < -0.39 is 12.1 Å². The third-order valence-electron chi connectivity index (χ3n) is 4.90. The van der Waals surface area contributed by atoms with E-state index in [1.165, 1.54) is 5.56 Å². The van der Waals surface area contributed by atoms with Crippen LogP contribution in [0.15, 0.2) is 30.3 Å². The van der Waals surface area contributed by atoms with Crippen molar-refractivity contribution in [1.29, 1.82) is 0 Å². The molecule has 1 aromatic carbocycles. The van der Waals surface area contributed by atoms with E-state index in [4.69, 9.17) is 9.47 Å². The molecule has 0 bridgehead atoms. The Kier molecular flexibility index (Phi) is 5.65. The lowest BCUT2D eigenvalue weighted by Crippen LogP contribution is -2.46. The largest absolute Gasteiger partial charge is 0.449 e. The third kappa shape index (κ3) is 4.06. The van der Waals surface area contributed by atoms with Crippen LogP contribution in [0.1, 0.15) is 34.2 Å². The van der Waals surface area contributed by atoms with Gasteiger partial charge in [0, 0.05) is 30.2 Å². The number of rotatable bonds is 4. The number of ether oxygens (including phenoxy) is 2. The second-order valence-electron chi connectivity index (χ2n) is 6.94. The number of carbonyl (C=O) groups is 2. The van der Waals surface area contributed by atoms with Crippen molar-refractivity contribution in [2.45, 2.75) is 33.8 Å². The van der Waals surface area contributed by atoms with Gasteiger partial charge in [-0.15, -0.1) is 0 Å². The summed E-state index contributed by atoms with van der Waals surface area (Å²) in [4.78, 5) is 26.8. The molecule has 3 rings (SSSR count). The number of carbonyl (C=O) groups excluding carboxylic acids is 2. The molecule has 1 aliphatic heterocycles. The highest BCUT2D eigenvalue weighted by Gasteiger charge is 2.27. The van der Waals surface area contributed by atoms with Gasteiger partial charge >= 0.3 is 5.97 Å². The average molecular weight is 370 g/mol. The van der Waals surface area contributed by atoms with Crippen molar-refractivity contribution in [2.75, 3.05) is 26.3 Å². The summed E-state index contributed by atoms with van der Waals surface area (Å²) in [5.41, 5.74) is 4.39. The number of hydrogen-bond acceptors (Lipinski definition) is 4. The number of hydrogen-bond donors (Lipinski definition) is 0. The van der Waals surface area contributed by atoms with Crippen LogP contribution in [0.25, 0.3) is 5.69 Å². The van der Waals surface area contributed by atoms with Crippen molar-refractivity contribution in [3.8, 4) is 5.69 Å². The zero-order valence-corrected chi connectivity index (χ0v) is 16.3. The molecule has 6 heteroatoms. The molecule has 1 aliphatic rings. The van der Waals surface area contributed by atoms with Crippen LogP contribution in [0.5, 0.6) is 0 Å². The fraction of sp³-hybridized carbons (Fsp3) is 0.429. The highest BCUT2D eigenvalue weighted by atomic mass is 16.5. The topological polar surface area (TPSA) is 60.8 Å². The third-order valence-corrected chi connectivity index (χ3v) is 4.90. The number of amides is 1. The molecule has 1 atom stereocenters. The number of benzene rings is 1. The van der Waals surface area contributed by atoms with Gasteiger partial charge in [-0.3, -0.25) is 4.79 Å². The Morgan fingerprint density at radius 1 is 1.07 bits per heavy atom. The maximum atomic E-state index is 12.7. The summed E-state index contributed by atoms with van der Waals surface area (Å²) in [7, 11) is 0. The second kappa shape index (κ2) is 7.96. The standard InChI is InChI=1S/C21H26N2O4/c1-14-5-7-18(8-6-14)23-15(2)13-19(16(23)3)21(25)27-17(4)20(24)22-9-11-26-12-10-22/h5-8,13,17H,9-12H2,1-4H3/t17-/m1/s1. The van der Waals surface area contributed by atoms with E-state index in [-0.39, 0.29) is 5.91 Å². The molecule has 1 aromatic heterocycles. The van der Waals surface area contributed by atoms with E-state index in [1.54, 1.807) is 11.8 Å². The van der Waals surface area contributed by atoms with Gasteiger partial charge in [0.05, 0.1) is 18.8 Å². The predicted molar refractivity (Wildman–Crippen MR) is 102 cm³/mol. The molecule has 0 spiro atoms. The summed E-state index contributed by atoms with van der Waals surface area (Å²) >= 11 is 0. The first-order valence-corrected chi connectivity index (χ1v) is 9.22. The van der Waals surface area contributed by atoms with E-state index in [0.717, 1.165) is 17.1 Å². The molecule has 1 saturated heterocycles. The lowest BCUT2D eigenvalue weighted by molar-refractivity contribution is -0.143. The fourth-order valence-corrected chi connectivity index (χ4v) is 3.38. The zero-order chi connectivity index (χ0) is 19.6. The molecule has 6 nitrogen and oxygen atoms in total. The molecule has 0 radical (unpaired) electrons. The van der Waals surface area contributed by atoms with Crippen LogP contribution >= 0.6 is 0 Å². The minimum atomic E-state index is -0.821. The Balaban J connectivity index is 1.76. The Morgan fingerprint density at radius 3 is 2.33 bits per heavy atom. The van der Waals surface area contributed by atoms with Crippen LogP contribution in [0.2, 0.25) is 0 Å². The summed E-state index contributed by atoms with van der Waals surface area (Å²) < 4.78 is 12.7. The van der Waals surface area contributed by atoms with E-state index in [1.807, 2.05) is 55.7 Å². The lowest BCUT2D eigenvalue weighted by atomic mass is 10.2. The van der Waals surface area contributed by atoms with Gasteiger partial charge in [0.15, 0.2) is 6.10 Å². The number of aromatic nitrogens is 1. The Labute approximate surface area is 159 Å². The molecule has 0 N–H and O–H groups in total. The molecule has 1 fully saturated rings. The maximum absolute atomic E-state index is 12.7. The van der Waals surface area contributed by atoms with Crippen molar-refractivity contribution in [3.63, 3.8) is 0 Å². The molecule has 144 valence electrons. The first-order chi connectivity index (χ1) is 12.9. The fourth-order valence-electron chi connectivity index (χ4n) is 3.38. The summed E-state index contributed by atoms with van der Waals surface area (Å²) in [6.07, 6.45) is -0.821. The first-order valence-electron chi connectivity index (χ1n) is 9.22. The molecule has 2 aromatic rings. The van der Waals surface area contributed by atoms with Crippen LogP contribution in [-0.2, 0) is 14.3 Å². The molecular formula is C21H26N2O4. The Morgan fingerprint density at radius 2 is 1.70 bits per heavy atom. The van der Waals surface area contributed by atoms with Gasteiger partial charge in [-0.2, -0.15) is 0 Å².